The van der Waals surface area contributed by atoms with Gasteiger partial charge in [0.05, 0.1) is 19.6 Å². The molecule has 0 unspecified atom stereocenters. The Bertz CT molecular complexity index is 359. The smallest absolute Gasteiger partial charge is 0.169 e. The van der Waals surface area contributed by atoms with Crippen LogP contribution in [0.5, 0.6) is 0 Å². The van der Waals surface area contributed by atoms with E-state index in [-0.39, 0.29) is 12.1 Å². The maximum Gasteiger partial charge on any atom is 0.169 e. The molecule has 80 valence electrons. The lowest BCUT2D eigenvalue weighted by Crippen LogP contribution is -2.15. The molecule has 0 N–H and O–H groups in total. The van der Waals surface area contributed by atoms with Gasteiger partial charge in [-0.1, -0.05) is 18.2 Å². The maximum absolute atomic E-state index is 11.9. The average molecular weight is 318 g/mol. The zero-order chi connectivity index (χ0) is 10.7. The molecule has 1 heterocycles. The van der Waals surface area contributed by atoms with Crippen molar-refractivity contribution in [2.75, 3.05) is 13.2 Å². The minimum Gasteiger partial charge on any atom is -0.350 e. The molecule has 4 heteroatoms. The van der Waals surface area contributed by atoms with Crippen LogP contribution >= 0.6 is 22.6 Å². The van der Waals surface area contributed by atoms with Gasteiger partial charge in [0.25, 0.3) is 0 Å². The molecule has 1 saturated heterocycles. The number of hydrogen-bond donors (Lipinski definition) is 0. The summed E-state index contributed by atoms with van der Waals surface area (Å²) in [5.41, 5.74) is 0.747. The van der Waals surface area contributed by atoms with Gasteiger partial charge in [-0.2, -0.15) is 0 Å². The molecule has 0 saturated carbocycles. The van der Waals surface area contributed by atoms with Crippen molar-refractivity contribution in [2.24, 2.45) is 0 Å². The van der Waals surface area contributed by atoms with Crippen molar-refractivity contribution in [3.8, 4) is 0 Å². The Morgan fingerprint density at radius 3 is 2.67 bits per heavy atom. The van der Waals surface area contributed by atoms with Crippen LogP contribution in [0.1, 0.15) is 16.8 Å². The summed E-state index contributed by atoms with van der Waals surface area (Å²) < 4.78 is 11.4. The molecule has 2 rings (SSSR count). The fourth-order valence-electron chi connectivity index (χ4n) is 1.47. The van der Waals surface area contributed by atoms with E-state index in [1.54, 1.807) is 0 Å². The van der Waals surface area contributed by atoms with Gasteiger partial charge in [0, 0.05) is 9.13 Å². The van der Waals surface area contributed by atoms with E-state index in [1.165, 1.54) is 0 Å². The molecule has 1 aliphatic rings. The van der Waals surface area contributed by atoms with Gasteiger partial charge in [0.15, 0.2) is 12.1 Å². The SMILES string of the molecule is O=C(CC1OCCO1)c1ccccc1I. The summed E-state index contributed by atoms with van der Waals surface area (Å²) in [5, 5.41) is 0. The minimum atomic E-state index is -0.353. The number of carbonyl (C=O) groups is 1. The van der Waals surface area contributed by atoms with Crippen molar-refractivity contribution in [3.63, 3.8) is 0 Å². The van der Waals surface area contributed by atoms with Gasteiger partial charge < -0.3 is 9.47 Å². The molecule has 0 atom stereocenters. The standard InChI is InChI=1S/C11H11IO3/c12-9-4-2-1-3-8(9)10(13)7-11-14-5-6-15-11/h1-4,11H,5-7H2. The van der Waals surface area contributed by atoms with E-state index < -0.39 is 0 Å². The number of benzene rings is 1. The lowest BCUT2D eigenvalue weighted by atomic mass is 10.1. The Labute approximate surface area is 102 Å². The Hall–Kier alpha value is -0.460. The van der Waals surface area contributed by atoms with Gasteiger partial charge >= 0.3 is 0 Å². The Morgan fingerprint density at radius 1 is 1.33 bits per heavy atom. The largest absolute Gasteiger partial charge is 0.350 e. The number of ether oxygens (including phenoxy) is 2. The first-order chi connectivity index (χ1) is 7.27. The zero-order valence-electron chi connectivity index (χ0n) is 8.11. The van der Waals surface area contributed by atoms with Crippen LogP contribution in [0, 0.1) is 3.57 Å². The molecule has 0 radical (unpaired) electrons. The normalized spacial score (nSPS) is 16.9. The molecule has 3 nitrogen and oxygen atoms in total. The quantitative estimate of drug-likeness (QED) is 0.633. The Kier molecular flexibility index (Phi) is 3.71. The van der Waals surface area contributed by atoms with E-state index in [2.05, 4.69) is 22.6 Å². The van der Waals surface area contributed by atoms with Crippen molar-refractivity contribution in [1.82, 2.24) is 0 Å². The minimum absolute atomic E-state index is 0.0758. The van der Waals surface area contributed by atoms with Gasteiger partial charge in [-0.3, -0.25) is 4.79 Å². The second kappa shape index (κ2) is 5.05. The van der Waals surface area contributed by atoms with Crippen LogP contribution in [0.4, 0.5) is 0 Å². The molecule has 1 fully saturated rings. The molecule has 1 aromatic rings. The zero-order valence-corrected chi connectivity index (χ0v) is 10.3. The van der Waals surface area contributed by atoms with E-state index in [4.69, 9.17) is 9.47 Å². The lowest BCUT2D eigenvalue weighted by molar-refractivity contribution is -0.0407. The van der Waals surface area contributed by atoms with Gasteiger partial charge in [0.2, 0.25) is 0 Å². The summed E-state index contributed by atoms with van der Waals surface area (Å²) in [6, 6.07) is 7.54. The van der Waals surface area contributed by atoms with Crippen LogP contribution in [0.25, 0.3) is 0 Å². The second-order valence-electron chi connectivity index (χ2n) is 3.28. The topological polar surface area (TPSA) is 35.5 Å². The fraction of sp³-hybridized carbons (Fsp3) is 0.364. The van der Waals surface area contributed by atoms with E-state index in [0.717, 1.165) is 9.13 Å². The number of hydrogen-bond acceptors (Lipinski definition) is 3. The second-order valence-corrected chi connectivity index (χ2v) is 4.44. The van der Waals surface area contributed by atoms with E-state index in [1.807, 2.05) is 24.3 Å². The molecule has 0 amide bonds. The maximum atomic E-state index is 11.9. The number of Topliss-reactive ketones (excluding diaryl/α,β-unsaturated/α-hetero) is 1. The highest BCUT2D eigenvalue weighted by Crippen LogP contribution is 2.17. The predicted octanol–water partition coefficient (Wildman–Crippen LogP) is 2.24. The fourth-order valence-corrected chi connectivity index (χ4v) is 2.16. The molecule has 0 aliphatic carbocycles. The third kappa shape index (κ3) is 2.76. The highest BCUT2D eigenvalue weighted by Gasteiger charge is 2.21. The molecule has 1 aromatic carbocycles. The predicted molar refractivity (Wildman–Crippen MR) is 63.8 cm³/mol. The molecule has 1 aliphatic heterocycles. The third-order valence-electron chi connectivity index (χ3n) is 2.22. The first-order valence-corrected chi connectivity index (χ1v) is 5.86. The monoisotopic (exact) mass is 318 g/mol. The first kappa shape index (κ1) is 11.0. The highest BCUT2D eigenvalue weighted by molar-refractivity contribution is 14.1. The van der Waals surface area contributed by atoms with E-state index in [0.29, 0.717) is 19.6 Å². The molecule has 15 heavy (non-hydrogen) atoms. The van der Waals surface area contributed by atoms with Crippen LogP contribution in [-0.2, 0) is 9.47 Å². The van der Waals surface area contributed by atoms with Crippen LogP contribution in [-0.4, -0.2) is 25.3 Å². The summed E-state index contributed by atoms with van der Waals surface area (Å²) in [6.07, 6.45) is -0.0477. The number of rotatable bonds is 3. The Balaban J connectivity index is 2.04. The number of halogens is 1. The van der Waals surface area contributed by atoms with Gasteiger partial charge in [-0.15, -0.1) is 0 Å². The van der Waals surface area contributed by atoms with Crippen molar-refractivity contribution >= 4 is 28.4 Å². The van der Waals surface area contributed by atoms with Gasteiger partial charge in [-0.05, 0) is 28.7 Å². The lowest BCUT2D eigenvalue weighted by Gasteiger charge is -2.08. The summed E-state index contributed by atoms with van der Waals surface area (Å²) in [6.45, 7) is 1.17. The summed E-state index contributed by atoms with van der Waals surface area (Å²) in [7, 11) is 0. The van der Waals surface area contributed by atoms with E-state index in [9.17, 15) is 4.79 Å². The van der Waals surface area contributed by atoms with Crippen molar-refractivity contribution in [3.05, 3.63) is 33.4 Å². The van der Waals surface area contributed by atoms with Crippen molar-refractivity contribution in [2.45, 2.75) is 12.7 Å². The van der Waals surface area contributed by atoms with Crippen LogP contribution in [0.3, 0.4) is 0 Å². The first-order valence-electron chi connectivity index (χ1n) is 4.78. The third-order valence-corrected chi connectivity index (χ3v) is 3.16. The van der Waals surface area contributed by atoms with Crippen LogP contribution in [0.2, 0.25) is 0 Å². The molecular formula is C11H11IO3. The average Bonchev–Trinajstić information content (AvgIpc) is 2.71. The molecule has 0 spiro atoms. The molecule has 0 bridgehead atoms. The van der Waals surface area contributed by atoms with Crippen molar-refractivity contribution < 1.29 is 14.3 Å². The molecule has 0 aromatic heterocycles. The summed E-state index contributed by atoms with van der Waals surface area (Å²) in [5.74, 6) is 0.0758. The Morgan fingerprint density at radius 2 is 2.00 bits per heavy atom. The number of carbonyl (C=O) groups excluding carboxylic acids is 1. The van der Waals surface area contributed by atoms with E-state index >= 15 is 0 Å². The summed E-state index contributed by atoms with van der Waals surface area (Å²) in [4.78, 5) is 11.9. The highest BCUT2D eigenvalue weighted by atomic mass is 127. The van der Waals surface area contributed by atoms with Crippen LogP contribution in [0.15, 0.2) is 24.3 Å². The summed E-state index contributed by atoms with van der Waals surface area (Å²) >= 11 is 2.16. The molecular weight excluding hydrogens is 307 g/mol. The van der Waals surface area contributed by atoms with Gasteiger partial charge in [-0.25, -0.2) is 0 Å². The van der Waals surface area contributed by atoms with Crippen molar-refractivity contribution in [1.29, 1.82) is 0 Å². The van der Waals surface area contributed by atoms with Crippen LogP contribution < -0.4 is 0 Å². The number of ketones is 1. The van der Waals surface area contributed by atoms with Gasteiger partial charge in [0.1, 0.15) is 0 Å².